The fourth-order valence-corrected chi connectivity index (χ4v) is 2.72. The largest absolute Gasteiger partial charge is 0.504 e. The van der Waals surface area contributed by atoms with Gasteiger partial charge in [-0.1, -0.05) is 54.6 Å². The third-order valence-electron chi connectivity index (χ3n) is 4.08. The number of ether oxygens (including phenoxy) is 1. The molecule has 0 fully saturated rings. The van der Waals surface area contributed by atoms with Crippen molar-refractivity contribution in [3.63, 3.8) is 0 Å². The summed E-state index contributed by atoms with van der Waals surface area (Å²) in [6.07, 6.45) is 2.64. The van der Waals surface area contributed by atoms with E-state index < -0.39 is 0 Å². The molecule has 3 rings (SSSR count). The van der Waals surface area contributed by atoms with Crippen LogP contribution in [0.4, 0.5) is 0 Å². The van der Waals surface area contributed by atoms with Crippen molar-refractivity contribution >= 4 is 0 Å². The Morgan fingerprint density at radius 2 is 1.92 bits per heavy atom. The molecule has 5 nitrogen and oxygen atoms in total. The lowest BCUT2D eigenvalue weighted by atomic mass is 9.97. The molecule has 0 saturated heterocycles. The van der Waals surface area contributed by atoms with Gasteiger partial charge in [-0.3, -0.25) is 0 Å². The van der Waals surface area contributed by atoms with Crippen molar-refractivity contribution in [1.29, 1.82) is 0 Å². The van der Waals surface area contributed by atoms with Crippen molar-refractivity contribution in [2.24, 2.45) is 0 Å². The minimum atomic E-state index is 0.146. The van der Waals surface area contributed by atoms with E-state index in [2.05, 4.69) is 29.4 Å². The van der Waals surface area contributed by atoms with Gasteiger partial charge in [0.25, 0.3) is 0 Å². The first-order valence-electron chi connectivity index (χ1n) is 7.96. The number of methoxy groups -OCH3 is 1. The lowest BCUT2D eigenvalue weighted by molar-refractivity contribution is 0.370. The summed E-state index contributed by atoms with van der Waals surface area (Å²) in [6.45, 7) is 2.78. The van der Waals surface area contributed by atoms with Gasteiger partial charge in [0.2, 0.25) is 0 Å². The maximum absolute atomic E-state index is 10.2. The van der Waals surface area contributed by atoms with Crippen LogP contribution in [-0.4, -0.2) is 27.2 Å². The summed E-state index contributed by atoms with van der Waals surface area (Å²) in [5.74, 6) is 0.837. The average molecular weight is 323 g/mol. The molecule has 2 aromatic carbocycles. The van der Waals surface area contributed by atoms with E-state index in [-0.39, 0.29) is 11.7 Å². The molecule has 1 unspecified atom stereocenters. The number of phenolic OH excluding ortho intramolecular Hbond substituents is 1. The molecule has 1 aromatic heterocycles. The number of nitrogens with zero attached hydrogens (tertiary/aromatic N) is 3. The van der Waals surface area contributed by atoms with E-state index >= 15 is 0 Å². The molecular formula is C19H21N3O2. The number of rotatable bonds is 6. The number of aromatic nitrogens is 3. The van der Waals surface area contributed by atoms with E-state index in [1.54, 1.807) is 13.2 Å². The molecule has 0 spiro atoms. The van der Waals surface area contributed by atoms with Crippen LogP contribution >= 0.6 is 0 Å². The minimum Gasteiger partial charge on any atom is -0.504 e. The summed E-state index contributed by atoms with van der Waals surface area (Å²) in [5.41, 5.74) is 2.94. The van der Waals surface area contributed by atoms with Crippen LogP contribution in [0, 0.1) is 0 Å². The van der Waals surface area contributed by atoms with Crippen LogP contribution in [-0.2, 0) is 13.0 Å². The van der Waals surface area contributed by atoms with Gasteiger partial charge < -0.3 is 9.84 Å². The first-order valence-corrected chi connectivity index (χ1v) is 7.96. The second-order valence-corrected chi connectivity index (χ2v) is 5.90. The summed E-state index contributed by atoms with van der Waals surface area (Å²) < 4.78 is 7.00. The van der Waals surface area contributed by atoms with Crippen molar-refractivity contribution in [3.8, 4) is 11.5 Å². The molecular weight excluding hydrogens is 302 g/mol. The Balaban J connectivity index is 1.71. The summed E-state index contributed by atoms with van der Waals surface area (Å²) in [7, 11) is 1.55. The number of hydrogen-bond donors (Lipinski definition) is 1. The van der Waals surface area contributed by atoms with E-state index in [9.17, 15) is 5.11 Å². The maximum Gasteiger partial charge on any atom is 0.160 e. The van der Waals surface area contributed by atoms with E-state index in [0.29, 0.717) is 18.7 Å². The summed E-state index contributed by atoms with van der Waals surface area (Å²) in [4.78, 5) is 0. The normalized spacial score (nSPS) is 12.1. The Bertz CT molecular complexity index is 799. The second-order valence-electron chi connectivity index (χ2n) is 5.90. The molecule has 0 aliphatic rings. The fourth-order valence-electron chi connectivity index (χ4n) is 2.72. The standard InChI is InChI=1S/C19H21N3O2/c1-14(11-16-9-6-10-18(24-2)19(16)23)17-13-22(21-20-17)12-15-7-4-3-5-8-15/h3-10,13-14,23H,11-12H2,1-2H3. The van der Waals surface area contributed by atoms with Crippen LogP contribution in [0.5, 0.6) is 11.5 Å². The van der Waals surface area contributed by atoms with Gasteiger partial charge in [0.1, 0.15) is 0 Å². The Morgan fingerprint density at radius 1 is 1.12 bits per heavy atom. The lowest BCUT2D eigenvalue weighted by Crippen LogP contribution is -2.01. The molecule has 0 radical (unpaired) electrons. The predicted octanol–water partition coefficient (Wildman–Crippen LogP) is 3.39. The highest BCUT2D eigenvalue weighted by molar-refractivity contribution is 5.45. The molecule has 0 aliphatic carbocycles. The maximum atomic E-state index is 10.2. The van der Waals surface area contributed by atoms with Crippen molar-refractivity contribution in [3.05, 3.63) is 71.5 Å². The molecule has 24 heavy (non-hydrogen) atoms. The van der Waals surface area contributed by atoms with Gasteiger partial charge in [-0.2, -0.15) is 0 Å². The van der Waals surface area contributed by atoms with E-state index in [1.807, 2.05) is 41.2 Å². The van der Waals surface area contributed by atoms with Gasteiger partial charge >= 0.3 is 0 Å². The molecule has 0 aliphatic heterocycles. The van der Waals surface area contributed by atoms with E-state index in [1.165, 1.54) is 5.56 Å². The van der Waals surface area contributed by atoms with Crippen molar-refractivity contribution in [1.82, 2.24) is 15.0 Å². The summed E-state index contributed by atoms with van der Waals surface area (Å²) in [5, 5.41) is 18.7. The Labute approximate surface area is 141 Å². The lowest BCUT2D eigenvalue weighted by Gasteiger charge is -2.12. The van der Waals surface area contributed by atoms with Gasteiger partial charge in [-0.05, 0) is 23.6 Å². The van der Waals surface area contributed by atoms with Crippen molar-refractivity contribution < 1.29 is 9.84 Å². The molecule has 1 heterocycles. The van der Waals surface area contributed by atoms with Crippen LogP contribution in [0.1, 0.15) is 29.7 Å². The molecule has 1 N–H and O–H groups in total. The van der Waals surface area contributed by atoms with Crippen LogP contribution in [0.25, 0.3) is 0 Å². The summed E-state index contributed by atoms with van der Waals surface area (Å²) in [6, 6.07) is 15.7. The minimum absolute atomic E-state index is 0.146. The molecule has 3 aromatic rings. The van der Waals surface area contributed by atoms with E-state index in [0.717, 1.165) is 11.3 Å². The van der Waals surface area contributed by atoms with Gasteiger partial charge in [-0.15, -0.1) is 5.10 Å². The Hall–Kier alpha value is -2.82. The SMILES string of the molecule is COc1cccc(CC(C)c2cn(Cc3ccccc3)nn2)c1O. The highest BCUT2D eigenvalue weighted by atomic mass is 16.5. The molecule has 0 bridgehead atoms. The number of para-hydroxylation sites is 1. The Morgan fingerprint density at radius 3 is 2.67 bits per heavy atom. The van der Waals surface area contributed by atoms with Crippen LogP contribution in [0.2, 0.25) is 0 Å². The monoisotopic (exact) mass is 323 g/mol. The second kappa shape index (κ2) is 7.17. The molecule has 5 heteroatoms. The zero-order valence-electron chi connectivity index (χ0n) is 13.9. The topological polar surface area (TPSA) is 60.2 Å². The van der Waals surface area contributed by atoms with Crippen LogP contribution in [0.3, 0.4) is 0 Å². The van der Waals surface area contributed by atoms with Crippen molar-refractivity contribution in [2.45, 2.75) is 25.8 Å². The van der Waals surface area contributed by atoms with Gasteiger partial charge in [0.05, 0.1) is 19.3 Å². The van der Waals surface area contributed by atoms with Gasteiger partial charge in [0, 0.05) is 12.1 Å². The van der Waals surface area contributed by atoms with Crippen molar-refractivity contribution in [2.75, 3.05) is 7.11 Å². The molecule has 0 saturated carbocycles. The number of aromatic hydroxyl groups is 1. The number of benzene rings is 2. The smallest absolute Gasteiger partial charge is 0.160 e. The first kappa shape index (κ1) is 16.1. The fraction of sp³-hybridized carbons (Fsp3) is 0.263. The number of hydrogen-bond acceptors (Lipinski definition) is 4. The quantitative estimate of drug-likeness (QED) is 0.755. The first-order chi connectivity index (χ1) is 11.7. The average Bonchev–Trinajstić information content (AvgIpc) is 3.06. The zero-order valence-corrected chi connectivity index (χ0v) is 13.9. The predicted molar refractivity (Wildman–Crippen MR) is 92.3 cm³/mol. The van der Waals surface area contributed by atoms with Gasteiger partial charge in [-0.25, -0.2) is 4.68 Å². The highest BCUT2D eigenvalue weighted by Gasteiger charge is 2.15. The third-order valence-corrected chi connectivity index (χ3v) is 4.08. The number of phenols is 1. The van der Waals surface area contributed by atoms with Crippen LogP contribution in [0.15, 0.2) is 54.7 Å². The Kier molecular flexibility index (Phi) is 4.79. The summed E-state index contributed by atoms with van der Waals surface area (Å²) >= 11 is 0. The van der Waals surface area contributed by atoms with E-state index in [4.69, 9.17) is 4.74 Å². The zero-order chi connectivity index (χ0) is 16.9. The molecule has 0 amide bonds. The van der Waals surface area contributed by atoms with Crippen LogP contribution < -0.4 is 4.74 Å². The third kappa shape index (κ3) is 3.56. The van der Waals surface area contributed by atoms with Gasteiger partial charge in [0.15, 0.2) is 11.5 Å². The molecule has 124 valence electrons. The highest BCUT2D eigenvalue weighted by Crippen LogP contribution is 2.32. The molecule has 1 atom stereocenters.